The third-order valence-electron chi connectivity index (χ3n) is 4.98. The van der Waals surface area contributed by atoms with Crippen molar-refractivity contribution in [2.75, 3.05) is 7.11 Å². The summed E-state index contributed by atoms with van der Waals surface area (Å²) in [6.07, 6.45) is 0. The first kappa shape index (κ1) is 23.0. The maximum atomic E-state index is 13.4. The second-order valence-corrected chi connectivity index (χ2v) is 10.5. The predicted molar refractivity (Wildman–Crippen MR) is 119 cm³/mol. The lowest BCUT2D eigenvalue weighted by molar-refractivity contribution is 0.214. The molecule has 0 aliphatic carbocycles. The van der Waals surface area contributed by atoms with Crippen LogP contribution in [0.4, 0.5) is 0 Å². The van der Waals surface area contributed by atoms with Crippen molar-refractivity contribution in [1.29, 1.82) is 0 Å². The third-order valence-corrected chi connectivity index (χ3v) is 7.10. The molecule has 0 N–H and O–H groups in total. The number of sulfonamides is 1. The highest BCUT2D eigenvalue weighted by atomic mass is 32.2. The van der Waals surface area contributed by atoms with Gasteiger partial charge in [0.1, 0.15) is 5.75 Å². The third kappa shape index (κ3) is 5.14. The van der Waals surface area contributed by atoms with Gasteiger partial charge in [0.05, 0.1) is 18.6 Å². The number of aromatic nitrogens is 2. The lowest BCUT2D eigenvalue weighted by atomic mass is 10.0. The predicted octanol–water partition coefficient (Wildman–Crippen LogP) is 4.86. The van der Waals surface area contributed by atoms with Gasteiger partial charge in [-0.1, -0.05) is 31.1 Å². The van der Waals surface area contributed by atoms with E-state index in [0.29, 0.717) is 11.7 Å². The van der Waals surface area contributed by atoms with E-state index in [0.717, 1.165) is 16.9 Å². The van der Waals surface area contributed by atoms with Crippen molar-refractivity contribution >= 4 is 10.0 Å². The van der Waals surface area contributed by atoms with Gasteiger partial charge in [0.15, 0.2) is 0 Å². The number of benzene rings is 2. The first-order valence-electron chi connectivity index (χ1n) is 10.1. The fourth-order valence-corrected chi connectivity index (χ4v) is 4.87. The number of methoxy groups -OCH3 is 1. The van der Waals surface area contributed by atoms with Crippen LogP contribution in [-0.2, 0) is 16.6 Å². The van der Waals surface area contributed by atoms with Crippen molar-refractivity contribution in [2.45, 2.75) is 57.5 Å². The van der Waals surface area contributed by atoms with Crippen LogP contribution in [0.15, 0.2) is 57.9 Å². The average Bonchev–Trinajstić information content (AvgIpc) is 3.20. The fourth-order valence-electron chi connectivity index (χ4n) is 3.13. The molecule has 2 aromatic carbocycles. The Labute approximate surface area is 184 Å². The fraction of sp³-hybridized carbons (Fsp3) is 0.391. The summed E-state index contributed by atoms with van der Waals surface area (Å²) in [4.78, 5) is 4.65. The number of hydrogen-bond donors (Lipinski definition) is 0. The van der Waals surface area contributed by atoms with Crippen molar-refractivity contribution in [3.63, 3.8) is 0 Å². The molecular weight excluding hydrogens is 414 g/mol. The topological polar surface area (TPSA) is 85.5 Å². The molecule has 0 saturated heterocycles. The Balaban J connectivity index is 1.89. The minimum atomic E-state index is -3.77. The highest BCUT2D eigenvalue weighted by molar-refractivity contribution is 7.89. The molecule has 3 rings (SSSR count). The van der Waals surface area contributed by atoms with Crippen LogP contribution in [0.1, 0.15) is 52.0 Å². The van der Waals surface area contributed by atoms with E-state index in [-0.39, 0.29) is 17.3 Å². The van der Waals surface area contributed by atoms with E-state index in [1.54, 1.807) is 31.4 Å². The van der Waals surface area contributed by atoms with Crippen molar-refractivity contribution in [1.82, 2.24) is 14.4 Å². The van der Waals surface area contributed by atoms with E-state index in [1.165, 1.54) is 4.31 Å². The lowest BCUT2D eigenvalue weighted by Crippen LogP contribution is -2.45. The molecule has 1 aromatic heterocycles. The number of hydrogen-bond acceptors (Lipinski definition) is 6. The van der Waals surface area contributed by atoms with Crippen LogP contribution >= 0.6 is 0 Å². The summed E-state index contributed by atoms with van der Waals surface area (Å²) in [6, 6.07) is 14.3. The Bertz CT molecular complexity index is 1110. The molecule has 0 amide bonds. The molecule has 0 atom stereocenters. The summed E-state index contributed by atoms with van der Waals surface area (Å²) >= 11 is 0. The van der Waals surface area contributed by atoms with Gasteiger partial charge in [0.25, 0.3) is 0 Å². The maximum Gasteiger partial charge on any atom is 0.244 e. The monoisotopic (exact) mass is 443 g/mol. The van der Waals surface area contributed by atoms with Gasteiger partial charge >= 0.3 is 0 Å². The summed E-state index contributed by atoms with van der Waals surface area (Å²) in [5.41, 5.74) is 1.15. The van der Waals surface area contributed by atoms with E-state index in [1.807, 2.05) is 45.0 Å². The maximum absolute atomic E-state index is 13.4. The molecule has 8 heteroatoms. The van der Waals surface area contributed by atoms with E-state index in [9.17, 15) is 8.42 Å². The van der Waals surface area contributed by atoms with E-state index in [2.05, 4.69) is 24.0 Å². The molecule has 0 fully saturated rings. The molecule has 0 bridgehead atoms. The Morgan fingerprint density at radius 2 is 1.65 bits per heavy atom. The minimum absolute atomic E-state index is 0.0269. The van der Waals surface area contributed by atoms with Gasteiger partial charge in [-0.2, -0.15) is 9.29 Å². The van der Waals surface area contributed by atoms with E-state index in [4.69, 9.17) is 9.26 Å². The number of rotatable bonds is 7. The zero-order valence-electron chi connectivity index (χ0n) is 18.8. The van der Waals surface area contributed by atoms with E-state index >= 15 is 0 Å². The molecule has 0 aliphatic rings. The first-order chi connectivity index (χ1) is 14.5. The quantitative estimate of drug-likeness (QED) is 0.518. The minimum Gasteiger partial charge on any atom is -0.497 e. The van der Waals surface area contributed by atoms with Crippen molar-refractivity contribution in [3.8, 4) is 17.1 Å². The van der Waals surface area contributed by atoms with Gasteiger partial charge in [0, 0.05) is 11.1 Å². The van der Waals surface area contributed by atoms with Gasteiger partial charge in [-0.05, 0) is 68.7 Å². The van der Waals surface area contributed by atoms with Gasteiger partial charge in [-0.3, -0.25) is 0 Å². The Morgan fingerprint density at radius 1 is 1.03 bits per heavy atom. The Kier molecular flexibility index (Phi) is 6.52. The molecular formula is C23H29N3O4S. The van der Waals surface area contributed by atoms with Crippen molar-refractivity contribution < 1.29 is 17.7 Å². The van der Waals surface area contributed by atoms with Crippen LogP contribution in [0.3, 0.4) is 0 Å². The largest absolute Gasteiger partial charge is 0.497 e. The molecule has 31 heavy (non-hydrogen) atoms. The normalized spacial score (nSPS) is 12.5. The van der Waals surface area contributed by atoms with Gasteiger partial charge in [-0.25, -0.2) is 8.42 Å². The van der Waals surface area contributed by atoms with Crippen molar-refractivity contribution in [3.05, 3.63) is 60.0 Å². The van der Waals surface area contributed by atoms with Crippen molar-refractivity contribution in [2.24, 2.45) is 0 Å². The van der Waals surface area contributed by atoms with Crippen LogP contribution in [0, 0.1) is 0 Å². The van der Waals surface area contributed by atoms with Crippen LogP contribution in [-0.4, -0.2) is 35.5 Å². The number of ether oxygens (including phenoxy) is 1. The van der Waals surface area contributed by atoms with Gasteiger partial charge in [0.2, 0.25) is 21.7 Å². The Hall–Kier alpha value is -2.71. The first-order valence-corrected chi connectivity index (χ1v) is 11.6. The van der Waals surface area contributed by atoms with Crippen LogP contribution in [0.5, 0.6) is 5.75 Å². The molecule has 0 radical (unpaired) electrons. The molecule has 7 nitrogen and oxygen atoms in total. The van der Waals surface area contributed by atoms with Crippen LogP contribution < -0.4 is 4.74 Å². The van der Waals surface area contributed by atoms with Gasteiger partial charge < -0.3 is 9.26 Å². The molecule has 1 heterocycles. The average molecular weight is 444 g/mol. The highest BCUT2D eigenvalue weighted by Gasteiger charge is 2.35. The van der Waals surface area contributed by atoms with Gasteiger partial charge in [-0.15, -0.1) is 0 Å². The SMILES string of the molecule is COc1ccc(-c2noc(CN(C(C)(C)C)S(=O)(=O)c3ccc(C(C)C)cc3)n2)cc1. The lowest BCUT2D eigenvalue weighted by Gasteiger charge is -2.33. The smallest absolute Gasteiger partial charge is 0.244 e. The highest BCUT2D eigenvalue weighted by Crippen LogP contribution is 2.28. The second kappa shape index (κ2) is 8.80. The van der Waals surface area contributed by atoms with Crippen LogP contribution in [0.2, 0.25) is 0 Å². The molecule has 0 unspecified atom stereocenters. The molecule has 166 valence electrons. The summed E-state index contributed by atoms with van der Waals surface area (Å²) in [5.74, 6) is 1.67. The Morgan fingerprint density at radius 3 is 2.16 bits per heavy atom. The molecule has 3 aromatic rings. The zero-order chi connectivity index (χ0) is 22.8. The summed E-state index contributed by atoms with van der Waals surface area (Å²) < 4.78 is 38.8. The van der Waals surface area contributed by atoms with E-state index < -0.39 is 15.6 Å². The second-order valence-electron chi connectivity index (χ2n) is 8.65. The standard InChI is InChI=1S/C23H29N3O4S/c1-16(2)17-9-13-20(14-10-17)31(27,28)26(23(3,4)5)15-21-24-22(25-30-21)18-7-11-19(29-6)12-8-18/h7-14,16H,15H2,1-6H3. The van der Waals surface area contributed by atoms with Crippen LogP contribution in [0.25, 0.3) is 11.4 Å². The molecule has 0 spiro atoms. The zero-order valence-corrected chi connectivity index (χ0v) is 19.6. The molecule has 0 saturated carbocycles. The molecule has 0 aliphatic heterocycles. The summed E-state index contributed by atoms with van der Waals surface area (Å²) in [6.45, 7) is 9.64. The number of nitrogens with zero attached hydrogens (tertiary/aromatic N) is 3. The summed E-state index contributed by atoms with van der Waals surface area (Å²) in [7, 11) is -2.18. The summed E-state index contributed by atoms with van der Waals surface area (Å²) in [5, 5.41) is 4.01.